The molecule has 1 aromatic rings. The summed E-state index contributed by atoms with van der Waals surface area (Å²) in [6, 6.07) is 5.43. The molecule has 18 heavy (non-hydrogen) atoms. The van der Waals surface area contributed by atoms with Crippen LogP contribution in [0.4, 0.5) is 0 Å². The average molecular weight is 308 g/mol. The summed E-state index contributed by atoms with van der Waals surface area (Å²) in [6.07, 6.45) is 0.837. The van der Waals surface area contributed by atoms with E-state index in [1.54, 1.807) is 18.2 Å². The van der Waals surface area contributed by atoms with Crippen LogP contribution in [-0.2, 0) is 10.8 Å². The van der Waals surface area contributed by atoms with Crippen LogP contribution in [0.1, 0.15) is 27.2 Å². The van der Waals surface area contributed by atoms with E-state index < -0.39 is 10.8 Å². The molecule has 0 heterocycles. The van der Waals surface area contributed by atoms with Gasteiger partial charge in [0.1, 0.15) is 0 Å². The lowest BCUT2D eigenvalue weighted by molar-refractivity contribution is 0.524. The summed E-state index contributed by atoms with van der Waals surface area (Å²) < 4.78 is 12.4. The van der Waals surface area contributed by atoms with E-state index in [2.05, 4.69) is 19.2 Å². The minimum Gasteiger partial charge on any atom is -0.314 e. The van der Waals surface area contributed by atoms with Crippen molar-refractivity contribution in [1.82, 2.24) is 5.32 Å². The maximum absolute atomic E-state index is 12.4. The molecule has 3 atom stereocenters. The molecule has 0 aliphatic rings. The van der Waals surface area contributed by atoms with E-state index in [9.17, 15) is 4.21 Å². The highest BCUT2D eigenvalue weighted by atomic mass is 35.5. The summed E-state index contributed by atoms with van der Waals surface area (Å²) in [5, 5.41) is 4.43. The molecule has 0 aliphatic carbocycles. The Balaban J connectivity index is 2.77. The first-order chi connectivity index (χ1) is 8.45. The fourth-order valence-electron chi connectivity index (χ4n) is 1.87. The lowest BCUT2D eigenvalue weighted by Crippen LogP contribution is -2.30. The van der Waals surface area contributed by atoms with E-state index in [0.717, 1.165) is 13.0 Å². The largest absolute Gasteiger partial charge is 0.314 e. The van der Waals surface area contributed by atoms with Crippen LogP contribution < -0.4 is 5.32 Å². The number of hydrogen-bond acceptors (Lipinski definition) is 2. The average Bonchev–Trinajstić information content (AvgIpc) is 2.31. The van der Waals surface area contributed by atoms with E-state index >= 15 is 0 Å². The lowest BCUT2D eigenvalue weighted by Gasteiger charge is -2.18. The van der Waals surface area contributed by atoms with Gasteiger partial charge in [-0.3, -0.25) is 4.21 Å². The molecule has 0 saturated heterocycles. The van der Waals surface area contributed by atoms with Crippen molar-refractivity contribution in [2.45, 2.75) is 43.4 Å². The molecule has 3 unspecified atom stereocenters. The van der Waals surface area contributed by atoms with Crippen molar-refractivity contribution in [3.8, 4) is 0 Å². The van der Waals surface area contributed by atoms with Crippen molar-refractivity contribution < 1.29 is 4.21 Å². The molecule has 1 aromatic carbocycles. The second-order valence-electron chi connectivity index (χ2n) is 4.38. The molecule has 0 radical (unpaired) electrons. The first kappa shape index (κ1) is 16.0. The van der Waals surface area contributed by atoms with Crippen molar-refractivity contribution in [3.05, 3.63) is 28.2 Å². The van der Waals surface area contributed by atoms with Gasteiger partial charge in [0.15, 0.2) is 0 Å². The first-order valence-corrected chi connectivity index (χ1v) is 8.01. The van der Waals surface area contributed by atoms with Crippen LogP contribution in [0.25, 0.3) is 0 Å². The minimum absolute atomic E-state index is 0.0371. The van der Waals surface area contributed by atoms with Crippen LogP contribution in [0, 0.1) is 0 Å². The van der Waals surface area contributed by atoms with Gasteiger partial charge in [-0.2, -0.15) is 0 Å². The Hall–Kier alpha value is -0.0900. The molecule has 2 nitrogen and oxygen atoms in total. The Morgan fingerprint density at radius 2 is 2.00 bits per heavy atom. The van der Waals surface area contributed by atoms with Gasteiger partial charge in [0, 0.05) is 16.3 Å². The van der Waals surface area contributed by atoms with E-state index in [1.165, 1.54) is 0 Å². The number of hydrogen-bond donors (Lipinski definition) is 1. The van der Waals surface area contributed by atoms with Crippen LogP contribution in [0.5, 0.6) is 0 Å². The SMILES string of the molecule is CCNC(C)CC(C)S(=O)c1cc(Cl)ccc1Cl. The Labute approximate surface area is 122 Å². The zero-order valence-electron chi connectivity index (χ0n) is 10.9. The van der Waals surface area contributed by atoms with Crippen molar-refractivity contribution in [2.24, 2.45) is 0 Å². The molecule has 0 fully saturated rings. The quantitative estimate of drug-likeness (QED) is 0.864. The summed E-state index contributed by atoms with van der Waals surface area (Å²) in [4.78, 5) is 0.625. The summed E-state index contributed by atoms with van der Waals surface area (Å²) in [5.41, 5.74) is 0. The summed E-state index contributed by atoms with van der Waals surface area (Å²) >= 11 is 12.0. The third-order valence-electron chi connectivity index (χ3n) is 2.71. The van der Waals surface area contributed by atoms with Crippen molar-refractivity contribution in [2.75, 3.05) is 6.54 Å². The topological polar surface area (TPSA) is 29.1 Å². The number of benzene rings is 1. The molecule has 1 N–H and O–H groups in total. The molecule has 1 rings (SSSR count). The molecular formula is C13H19Cl2NOS. The van der Waals surface area contributed by atoms with Gasteiger partial charge < -0.3 is 5.32 Å². The van der Waals surface area contributed by atoms with Crippen LogP contribution in [0.2, 0.25) is 10.0 Å². The molecular weight excluding hydrogens is 289 g/mol. The Morgan fingerprint density at radius 3 is 2.61 bits per heavy atom. The van der Waals surface area contributed by atoms with Crippen LogP contribution in [0.3, 0.4) is 0 Å². The molecule has 0 saturated carbocycles. The monoisotopic (exact) mass is 307 g/mol. The van der Waals surface area contributed by atoms with Crippen molar-refractivity contribution >= 4 is 34.0 Å². The predicted molar refractivity (Wildman–Crippen MR) is 80.1 cm³/mol. The maximum atomic E-state index is 12.4. The standard InChI is InChI=1S/C13H19Cl2NOS/c1-4-16-9(2)7-10(3)18(17)13-8-11(14)5-6-12(13)15/h5-6,8-10,16H,4,7H2,1-3H3. The van der Waals surface area contributed by atoms with E-state index in [4.69, 9.17) is 23.2 Å². The fourth-order valence-corrected chi connectivity index (χ4v) is 3.85. The highest BCUT2D eigenvalue weighted by Crippen LogP contribution is 2.26. The third-order valence-corrected chi connectivity index (χ3v) is 5.08. The fraction of sp³-hybridized carbons (Fsp3) is 0.538. The highest BCUT2D eigenvalue weighted by Gasteiger charge is 2.18. The first-order valence-electron chi connectivity index (χ1n) is 6.04. The van der Waals surface area contributed by atoms with Crippen molar-refractivity contribution in [1.29, 1.82) is 0 Å². The molecule has 0 aromatic heterocycles. The minimum atomic E-state index is -1.13. The van der Waals surface area contributed by atoms with Gasteiger partial charge in [0.25, 0.3) is 0 Å². The molecule has 0 aliphatic heterocycles. The van der Waals surface area contributed by atoms with E-state index in [-0.39, 0.29) is 5.25 Å². The van der Waals surface area contributed by atoms with Gasteiger partial charge in [0.05, 0.1) is 20.7 Å². The Kier molecular flexibility index (Phi) is 6.64. The van der Waals surface area contributed by atoms with E-state index in [0.29, 0.717) is 21.0 Å². The Morgan fingerprint density at radius 1 is 1.33 bits per heavy atom. The maximum Gasteiger partial charge on any atom is 0.0591 e. The predicted octanol–water partition coefficient (Wildman–Crippen LogP) is 3.88. The summed E-state index contributed by atoms with van der Waals surface area (Å²) in [7, 11) is -1.13. The number of rotatable bonds is 6. The van der Waals surface area contributed by atoms with Gasteiger partial charge in [-0.15, -0.1) is 0 Å². The molecule has 0 bridgehead atoms. The van der Waals surface area contributed by atoms with Gasteiger partial charge in [-0.05, 0) is 38.1 Å². The van der Waals surface area contributed by atoms with Crippen LogP contribution in [-0.4, -0.2) is 22.0 Å². The van der Waals surface area contributed by atoms with Crippen LogP contribution in [0.15, 0.2) is 23.1 Å². The molecule has 0 spiro atoms. The van der Waals surface area contributed by atoms with Crippen molar-refractivity contribution in [3.63, 3.8) is 0 Å². The number of halogens is 2. The molecule has 102 valence electrons. The van der Waals surface area contributed by atoms with Crippen LogP contribution >= 0.6 is 23.2 Å². The third kappa shape index (κ3) is 4.54. The van der Waals surface area contributed by atoms with Gasteiger partial charge in [0.2, 0.25) is 0 Å². The van der Waals surface area contributed by atoms with E-state index in [1.807, 2.05) is 6.92 Å². The smallest absolute Gasteiger partial charge is 0.0591 e. The van der Waals surface area contributed by atoms with Gasteiger partial charge in [-0.25, -0.2) is 0 Å². The van der Waals surface area contributed by atoms with Gasteiger partial charge >= 0.3 is 0 Å². The molecule has 5 heteroatoms. The Bertz CT molecular complexity index is 425. The second kappa shape index (κ2) is 7.49. The summed E-state index contributed by atoms with van der Waals surface area (Å²) in [5.74, 6) is 0. The zero-order valence-corrected chi connectivity index (χ0v) is 13.2. The normalized spacial score (nSPS) is 16.3. The lowest BCUT2D eigenvalue weighted by atomic mass is 10.2. The summed E-state index contributed by atoms with van der Waals surface area (Å²) in [6.45, 7) is 7.04. The number of nitrogens with one attached hydrogen (secondary N) is 1. The second-order valence-corrected chi connectivity index (χ2v) is 7.06. The highest BCUT2D eigenvalue weighted by molar-refractivity contribution is 7.85. The van der Waals surface area contributed by atoms with Gasteiger partial charge in [-0.1, -0.05) is 37.0 Å². The molecule has 0 amide bonds. The zero-order chi connectivity index (χ0) is 13.7.